The van der Waals surface area contributed by atoms with Crippen LogP contribution in [0.25, 0.3) is 0 Å². The zero-order chi connectivity index (χ0) is 17.0. The van der Waals surface area contributed by atoms with E-state index in [9.17, 15) is 5.11 Å². The number of rotatable bonds is 5. The van der Waals surface area contributed by atoms with Crippen molar-refractivity contribution >= 4 is 11.8 Å². The van der Waals surface area contributed by atoms with Gasteiger partial charge in [0, 0.05) is 11.1 Å². The molecule has 0 spiro atoms. The Morgan fingerprint density at radius 1 is 0.917 bits per heavy atom. The average molecular weight is 335 g/mol. The zero-order valence-electron chi connectivity index (χ0n) is 13.9. The summed E-state index contributed by atoms with van der Waals surface area (Å²) in [6.07, 6.45) is 3.83. The first kappa shape index (κ1) is 16.7. The molecule has 1 aromatic heterocycles. The van der Waals surface area contributed by atoms with Gasteiger partial charge in [-0.25, -0.2) is 0 Å². The molecule has 122 valence electrons. The maximum absolute atomic E-state index is 11.5. The molecular formula is C21H21NOS. The molecule has 0 aliphatic rings. The van der Waals surface area contributed by atoms with Crippen LogP contribution in [-0.2, 0) is 5.60 Å². The Labute approximate surface area is 147 Å². The molecule has 3 rings (SSSR count). The first-order chi connectivity index (χ1) is 11.6. The van der Waals surface area contributed by atoms with Gasteiger partial charge in [-0.2, -0.15) is 0 Å². The lowest BCUT2D eigenvalue weighted by molar-refractivity contribution is 0.0380. The second-order valence-corrected chi connectivity index (χ2v) is 6.85. The number of hydrogen-bond acceptors (Lipinski definition) is 3. The third kappa shape index (κ3) is 3.37. The van der Waals surface area contributed by atoms with E-state index in [1.54, 1.807) is 18.0 Å². The summed E-state index contributed by atoms with van der Waals surface area (Å²) in [7, 11) is 0. The molecule has 3 heteroatoms. The minimum Gasteiger partial charge on any atom is -0.384 e. The smallest absolute Gasteiger partial charge is 0.0992 e. The summed E-state index contributed by atoms with van der Waals surface area (Å²) in [4.78, 5) is 5.70. The molecule has 24 heavy (non-hydrogen) atoms. The highest BCUT2D eigenvalue weighted by atomic mass is 32.2. The lowest BCUT2D eigenvalue weighted by atomic mass is 9.76. The van der Waals surface area contributed by atoms with E-state index in [-0.39, 0.29) is 5.92 Å². The van der Waals surface area contributed by atoms with Crippen molar-refractivity contribution in [3.63, 3.8) is 0 Å². The van der Waals surface area contributed by atoms with Gasteiger partial charge in [-0.1, -0.05) is 48.5 Å². The van der Waals surface area contributed by atoms with Crippen LogP contribution in [0, 0.1) is 0 Å². The van der Waals surface area contributed by atoms with Crippen molar-refractivity contribution in [2.75, 3.05) is 6.26 Å². The summed E-state index contributed by atoms with van der Waals surface area (Å²) in [5.41, 5.74) is 1.74. The molecule has 2 aromatic carbocycles. The first-order valence-corrected chi connectivity index (χ1v) is 9.18. The van der Waals surface area contributed by atoms with Gasteiger partial charge in [-0.3, -0.25) is 4.98 Å². The Balaban J connectivity index is 2.09. The van der Waals surface area contributed by atoms with Crippen molar-refractivity contribution in [3.05, 3.63) is 95.8 Å². The SMILES string of the molecule is CSc1ccc([C@@](C)(O)[C@@H](c2ccccc2)c2ccccn2)cc1. The maximum atomic E-state index is 11.5. The van der Waals surface area contributed by atoms with Gasteiger partial charge in [-0.05, 0) is 48.6 Å². The second-order valence-electron chi connectivity index (χ2n) is 5.97. The third-order valence-corrected chi connectivity index (χ3v) is 5.10. The third-order valence-electron chi connectivity index (χ3n) is 4.35. The fourth-order valence-corrected chi connectivity index (χ4v) is 3.48. The summed E-state index contributed by atoms with van der Waals surface area (Å²) in [5, 5.41) is 11.5. The number of nitrogens with zero attached hydrogens (tertiary/aromatic N) is 1. The summed E-state index contributed by atoms with van der Waals surface area (Å²) >= 11 is 1.70. The largest absolute Gasteiger partial charge is 0.384 e. The molecule has 0 bridgehead atoms. The molecule has 2 nitrogen and oxygen atoms in total. The lowest BCUT2D eigenvalue weighted by Gasteiger charge is -2.33. The molecule has 0 fully saturated rings. The number of hydrogen-bond donors (Lipinski definition) is 1. The van der Waals surface area contributed by atoms with Crippen LogP contribution in [-0.4, -0.2) is 16.3 Å². The Hall–Kier alpha value is -2.10. The molecule has 1 heterocycles. The Morgan fingerprint density at radius 3 is 2.17 bits per heavy atom. The van der Waals surface area contributed by atoms with Crippen LogP contribution in [0.15, 0.2) is 83.9 Å². The van der Waals surface area contributed by atoms with Crippen molar-refractivity contribution in [1.82, 2.24) is 4.98 Å². The number of thioether (sulfide) groups is 1. The van der Waals surface area contributed by atoms with Gasteiger partial charge in [0.1, 0.15) is 0 Å². The van der Waals surface area contributed by atoms with E-state index in [1.807, 2.05) is 73.8 Å². The topological polar surface area (TPSA) is 33.1 Å². The van der Waals surface area contributed by atoms with Gasteiger partial charge in [0.2, 0.25) is 0 Å². The predicted octanol–water partition coefficient (Wildman–Crippen LogP) is 4.84. The number of pyridine rings is 1. The van der Waals surface area contributed by atoms with Crippen LogP contribution in [0.2, 0.25) is 0 Å². The minimum atomic E-state index is -1.06. The minimum absolute atomic E-state index is 0.236. The fourth-order valence-electron chi connectivity index (χ4n) is 3.07. The molecule has 3 aromatic rings. The highest BCUT2D eigenvalue weighted by Gasteiger charge is 2.36. The van der Waals surface area contributed by atoms with E-state index < -0.39 is 5.60 Å². The second kappa shape index (κ2) is 7.20. The summed E-state index contributed by atoms with van der Waals surface area (Å²) in [5.74, 6) is -0.236. The quantitative estimate of drug-likeness (QED) is 0.677. The van der Waals surface area contributed by atoms with E-state index in [2.05, 4.69) is 17.1 Å². The van der Waals surface area contributed by atoms with Crippen molar-refractivity contribution < 1.29 is 5.11 Å². The van der Waals surface area contributed by atoms with Gasteiger partial charge in [0.25, 0.3) is 0 Å². The molecular weight excluding hydrogens is 314 g/mol. The molecule has 0 amide bonds. The van der Waals surface area contributed by atoms with Gasteiger partial charge in [0.05, 0.1) is 17.2 Å². The number of aliphatic hydroxyl groups is 1. The summed E-state index contributed by atoms with van der Waals surface area (Å²) < 4.78 is 0. The predicted molar refractivity (Wildman–Crippen MR) is 100 cm³/mol. The molecule has 2 atom stereocenters. The number of aromatic nitrogens is 1. The lowest BCUT2D eigenvalue weighted by Crippen LogP contribution is -2.31. The van der Waals surface area contributed by atoms with Crippen molar-refractivity contribution in [3.8, 4) is 0 Å². The van der Waals surface area contributed by atoms with Crippen molar-refractivity contribution in [2.24, 2.45) is 0 Å². The van der Waals surface area contributed by atoms with E-state index >= 15 is 0 Å². The maximum Gasteiger partial charge on any atom is 0.0992 e. The van der Waals surface area contributed by atoms with Gasteiger partial charge in [-0.15, -0.1) is 11.8 Å². The van der Waals surface area contributed by atoms with Crippen LogP contribution in [0.4, 0.5) is 0 Å². The van der Waals surface area contributed by atoms with E-state index in [0.29, 0.717) is 0 Å². The average Bonchev–Trinajstić information content (AvgIpc) is 2.63. The molecule has 0 saturated carbocycles. The molecule has 0 radical (unpaired) electrons. The van der Waals surface area contributed by atoms with Crippen LogP contribution >= 0.6 is 11.8 Å². The van der Waals surface area contributed by atoms with Gasteiger partial charge >= 0.3 is 0 Å². The summed E-state index contributed by atoms with van der Waals surface area (Å²) in [6.45, 7) is 1.87. The van der Waals surface area contributed by atoms with Gasteiger partial charge < -0.3 is 5.11 Å². The molecule has 1 N–H and O–H groups in total. The summed E-state index contributed by atoms with van der Waals surface area (Å²) in [6, 6.07) is 24.0. The van der Waals surface area contributed by atoms with Crippen LogP contribution in [0.5, 0.6) is 0 Å². The Bertz CT molecular complexity index is 730. The molecule has 0 aliphatic heterocycles. The standard InChI is InChI=1S/C21H21NOS/c1-21(23,17-11-13-18(24-2)14-12-17)20(16-8-4-3-5-9-16)19-10-6-7-15-22-19/h3-15,20,23H,1-2H3/t20-,21+/m0/s1. The van der Waals surface area contributed by atoms with Crippen molar-refractivity contribution in [1.29, 1.82) is 0 Å². The van der Waals surface area contributed by atoms with E-state index in [4.69, 9.17) is 0 Å². The number of benzene rings is 2. The highest BCUT2D eigenvalue weighted by Crippen LogP contribution is 2.41. The normalized spacial score (nSPS) is 14.8. The molecule has 0 unspecified atom stereocenters. The monoisotopic (exact) mass is 335 g/mol. The van der Waals surface area contributed by atoms with E-state index in [1.165, 1.54) is 4.90 Å². The Kier molecular flexibility index (Phi) is 5.03. The highest BCUT2D eigenvalue weighted by molar-refractivity contribution is 7.98. The molecule has 0 aliphatic carbocycles. The van der Waals surface area contributed by atoms with Crippen LogP contribution in [0.1, 0.15) is 29.7 Å². The van der Waals surface area contributed by atoms with Crippen LogP contribution < -0.4 is 0 Å². The van der Waals surface area contributed by atoms with Crippen LogP contribution in [0.3, 0.4) is 0 Å². The molecule has 0 saturated heterocycles. The van der Waals surface area contributed by atoms with Gasteiger partial charge in [0.15, 0.2) is 0 Å². The van der Waals surface area contributed by atoms with Crippen molar-refractivity contribution in [2.45, 2.75) is 23.3 Å². The first-order valence-electron chi connectivity index (χ1n) is 7.95. The zero-order valence-corrected chi connectivity index (χ0v) is 14.7. The fraction of sp³-hybridized carbons (Fsp3) is 0.190. The Morgan fingerprint density at radius 2 is 1.58 bits per heavy atom. The van der Waals surface area contributed by atoms with E-state index in [0.717, 1.165) is 16.8 Å².